The van der Waals surface area contributed by atoms with Crippen molar-refractivity contribution in [3.05, 3.63) is 17.8 Å². The maximum Gasteiger partial charge on any atom is 0.308 e. The van der Waals surface area contributed by atoms with Crippen LogP contribution in [0.4, 0.5) is 5.82 Å². The summed E-state index contributed by atoms with van der Waals surface area (Å²) in [5.74, 6) is -0.238. The zero-order chi connectivity index (χ0) is 13.3. The molecular weight excluding hydrogens is 230 g/mol. The number of nitrogens with zero attached hydrogens (tertiary/aromatic N) is 3. The summed E-state index contributed by atoms with van der Waals surface area (Å²) in [6, 6.07) is 3.90. The van der Waals surface area contributed by atoms with Gasteiger partial charge < -0.3 is 10.0 Å². The highest BCUT2D eigenvalue weighted by atomic mass is 16.4. The van der Waals surface area contributed by atoms with Gasteiger partial charge in [-0.25, -0.2) is 0 Å². The first-order valence-corrected chi connectivity index (χ1v) is 6.20. The van der Waals surface area contributed by atoms with E-state index in [2.05, 4.69) is 31.0 Å². The fraction of sp³-hybridized carbons (Fsp3) is 0.615. The first-order chi connectivity index (χ1) is 8.38. The molecule has 5 nitrogen and oxygen atoms in total. The molecule has 5 heteroatoms. The number of carboxylic acid groups (broad SMARTS) is 1. The Bertz CT molecular complexity index is 437. The summed E-state index contributed by atoms with van der Waals surface area (Å²) < 4.78 is 0. The molecule has 1 fully saturated rings. The van der Waals surface area contributed by atoms with Crippen molar-refractivity contribution in [3.8, 4) is 0 Å². The summed E-state index contributed by atoms with van der Waals surface area (Å²) in [5, 5.41) is 17.4. The van der Waals surface area contributed by atoms with E-state index >= 15 is 0 Å². The van der Waals surface area contributed by atoms with E-state index in [0.29, 0.717) is 13.0 Å². The number of hydrogen-bond acceptors (Lipinski definition) is 4. The average molecular weight is 249 g/mol. The summed E-state index contributed by atoms with van der Waals surface area (Å²) in [7, 11) is 0. The van der Waals surface area contributed by atoms with Crippen LogP contribution in [0.25, 0.3) is 0 Å². The van der Waals surface area contributed by atoms with Crippen LogP contribution in [-0.2, 0) is 10.2 Å². The van der Waals surface area contributed by atoms with Crippen LogP contribution >= 0.6 is 0 Å². The van der Waals surface area contributed by atoms with Crippen molar-refractivity contribution in [2.75, 3.05) is 18.0 Å². The molecule has 1 N–H and O–H groups in total. The predicted molar refractivity (Wildman–Crippen MR) is 68.7 cm³/mol. The fourth-order valence-electron chi connectivity index (χ4n) is 2.06. The lowest BCUT2D eigenvalue weighted by molar-refractivity contribution is -0.140. The van der Waals surface area contributed by atoms with Gasteiger partial charge in [-0.1, -0.05) is 20.8 Å². The second-order valence-electron chi connectivity index (χ2n) is 5.80. The molecule has 1 aliphatic rings. The lowest BCUT2D eigenvalue weighted by Gasteiger charge is -2.19. The molecule has 1 aliphatic heterocycles. The van der Waals surface area contributed by atoms with Gasteiger partial charge in [0.2, 0.25) is 0 Å². The standard InChI is InChI=1S/C13H19N3O2/c1-13(2,3)10-4-5-11(15-14-10)16-7-6-9(8-16)12(17)18/h4-5,9H,6-8H2,1-3H3,(H,17,18). The number of carbonyl (C=O) groups is 1. The number of carboxylic acids is 1. The minimum Gasteiger partial charge on any atom is -0.481 e. The van der Waals surface area contributed by atoms with Gasteiger partial charge in [0.05, 0.1) is 11.6 Å². The Morgan fingerprint density at radius 1 is 1.39 bits per heavy atom. The number of hydrogen-bond donors (Lipinski definition) is 1. The Morgan fingerprint density at radius 2 is 2.11 bits per heavy atom. The van der Waals surface area contributed by atoms with Crippen molar-refractivity contribution < 1.29 is 9.90 Å². The summed E-state index contributed by atoms with van der Waals surface area (Å²) in [6.07, 6.45) is 0.679. The molecule has 0 aliphatic carbocycles. The van der Waals surface area contributed by atoms with E-state index in [1.54, 1.807) is 0 Å². The van der Waals surface area contributed by atoms with Crippen molar-refractivity contribution in [2.24, 2.45) is 5.92 Å². The molecule has 0 bridgehead atoms. The van der Waals surface area contributed by atoms with Gasteiger partial charge in [-0.2, -0.15) is 5.10 Å². The predicted octanol–water partition coefficient (Wildman–Crippen LogP) is 1.69. The highest BCUT2D eigenvalue weighted by molar-refractivity contribution is 5.71. The smallest absolute Gasteiger partial charge is 0.308 e. The minimum absolute atomic E-state index is 0.0138. The molecule has 1 atom stereocenters. The van der Waals surface area contributed by atoms with Gasteiger partial charge in [-0.3, -0.25) is 4.79 Å². The molecular formula is C13H19N3O2. The van der Waals surface area contributed by atoms with Crippen LogP contribution in [0.5, 0.6) is 0 Å². The van der Waals surface area contributed by atoms with Crippen LogP contribution in [0.2, 0.25) is 0 Å². The summed E-state index contributed by atoms with van der Waals surface area (Å²) in [4.78, 5) is 12.9. The zero-order valence-electron chi connectivity index (χ0n) is 11.1. The molecule has 18 heavy (non-hydrogen) atoms. The SMILES string of the molecule is CC(C)(C)c1ccc(N2CCC(C(=O)O)C2)nn1. The monoisotopic (exact) mass is 249 g/mol. The minimum atomic E-state index is -0.725. The zero-order valence-corrected chi connectivity index (χ0v) is 11.1. The third kappa shape index (κ3) is 2.60. The summed E-state index contributed by atoms with van der Waals surface area (Å²) in [6.45, 7) is 7.53. The number of aliphatic carboxylic acids is 1. The van der Waals surface area contributed by atoms with Gasteiger partial charge in [0, 0.05) is 18.5 Å². The lowest BCUT2D eigenvalue weighted by Crippen LogP contribution is -2.24. The van der Waals surface area contributed by atoms with Crippen LogP contribution < -0.4 is 4.90 Å². The maximum absolute atomic E-state index is 10.9. The normalized spacial score (nSPS) is 20.2. The van der Waals surface area contributed by atoms with Crippen LogP contribution in [0.1, 0.15) is 32.9 Å². The van der Waals surface area contributed by atoms with Gasteiger partial charge in [-0.05, 0) is 18.6 Å². The van der Waals surface area contributed by atoms with Crippen molar-refractivity contribution in [2.45, 2.75) is 32.6 Å². The second-order valence-corrected chi connectivity index (χ2v) is 5.80. The van der Waals surface area contributed by atoms with Crippen LogP contribution in [0, 0.1) is 5.92 Å². The molecule has 2 heterocycles. The Kier molecular flexibility index (Phi) is 3.24. The first kappa shape index (κ1) is 12.8. The molecule has 1 saturated heterocycles. The second kappa shape index (κ2) is 4.55. The van der Waals surface area contributed by atoms with Crippen LogP contribution in [-0.4, -0.2) is 34.4 Å². The topological polar surface area (TPSA) is 66.3 Å². The van der Waals surface area contributed by atoms with Gasteiger partial charge in [0.15, 0.2) is 5.82 Å². The molecule has 1 aromatic rings. The van der Waals surface area contributed by atoms with E-state index in [1.165, 1.54) is 0 Å². The van der Waals surface area contributed by atoms with Crippen molar-refractivity contribution >= 4 is 11.8 Å². The largest absolute Gasteiger partial charge is 0.481 e. The first-order valence-electron chi connectivity index (χ1n) is 6.20. The Balaban J connectivity index is 2.10. The highest BCUT2D eigenvalue weighted by Crippen LogP contribution is 2.24. The van der Waals surface area contributed by atoms with E-state index in [-0.39, 0.29) is 11.3 Å². The van der Waals surface area contributed by atoms with Crippen molar-refractivity contribution in [1.82, 2.24) is 10.2 Å². The van der Waals surface area contributed by atoms with Gasteiger partial charge in [0.1, 0.15) is 0 Å². The van der Waals surface area contributed by atoms with Gasteiger partial charge in [-0.15, -0.1) is 5.10 Å². The Labute approximate surface area is 107 Å². The molecule has 0 spiro atoms. The van der Waals surface area contributed by atoms with Gasteiger partial charge >= 0.3 is 5.97 Å². The van der Waals surface area contributed by atoms with E-state index in [1.807, 2.05) is 17.0 Å². The average Bonchev–Trinajstić information content (AvgIpc) is 2.77. The van der Waals surface area contributed by atoms with Crippen molar-refractivity contribution in [3.63, 3.8) is 0 Å². The fourth-order valence-corrected chi connectivity index (χ4v) is 2.06. The van der Waals surface area contributed by atoms with Gasteiger partial charge in [0.25, 0.3) is 0 Å². The maximum atomic E-state index is 10.9. The quantitative estimate of drug-likeness (QED) is 0.864. The Hall–Kier alpha value is -1.65. The van der Waals surface area contributed by atoms with E-state index < -0.39 is 5.97 Å². The van der Waals surface area contributed by atoms with Crippen LogP contribution in [0.3, 0.4) is 0 Å². The molecule has 0 radical (unpaired) electrons. The number of aromatic nitrogens is 2. The van der Waals surface area contributed by atoms with E-state index in [0.717, 1.165) is 18.1 Å². The van der Waals surface area contributed by atoms with Crippen molar-refractivity contribution in [1.29, 1.82) is 0 Å². The Morgan fingerprint density at radius 3 is 2.56 bits per heavy atom. The molecule has 0 saturated carbocycles. The molecule has 0 amide bonds. The molecule has 98 valence electrons. The highest BCUT2D eigenvalue weighted by Gasteiger charge is 2.29. The van der Waals surface area contributed by atoms with E-state index in [9.17, 15) is 4.79 Å². The molecule has 1 unspecified atom stereocenters. The third-order valence-corrected chi connectivity index (χ3v) is 3.28. The molecule has 2 rings (SSSR count). The van der Waals surface area contributed by atoms with Crippen LogP contribution in [0.15, 0.2) is 12.1 Å². The number of rotatable bonds is 2. The lowest BCUT2D eigenvalue weighted by atomic mass is 9.92. The molecule has 1 aromatic heterocycles. The van der Waals surface area contributed by atoms with E-state index in [4.69, 9.17) is 5.11 Å². The third-order valence-electron chi connectivity index (χ3n) is 3.28. The molecule has 0 aromatic carbocycles. The summed E-state index contributed by atoms with van der Waals surface area (Å²) in [5.41, 5.74) is 0.931. The number of anilines is 1. The summed E-state index contributed by atoms with van der Waals surface area (Å²) >= 11 is 0.